The molecule has 4 aromatic rings. The Bertz CT molecular complexity index is 1390. The summed E-state index contributed by atoms with van der Waals surface area (Å²) in [5, 5.41) is 9.31. The lowest BCUT2D eigenvalue weighted by molar-refractivity contribution is 0.601. The van der Waals surface area contributed by atoms with E-state index < -0.39 is 9.84 Å². The van der Waals surface area contributed by atoms with Gasteiger partial charge in [0.1, 0.15) is 0 Å². The molecule has 1 aromatic heterocycles. The fourth-order valence-corrected chi connectivity index (χ4v) is 4.60. The van der Waals surface area contributed by atoms with Crippen LogP contribution in [-0.2, 0) is 16.3 Å². The predicted octanol–water partition coefficient (Wildman–Crippen LogP) is 5.40. The summed E-state index contributed by atoms with van der Waals surface area (Å²) >= 11 is 0. The van der Waals surface area contributed by atoms with Gasteiger partial charge in [-0.1, -0.05) is 54.6 Å². The number of pyridine rings is 1. The zero-order valence-electron chi connectivity index (χ0n) is 17.6. The molecule has 1 unspecified atom stereocenters. The van der Waals surface area contributed by atoms with Gasteiger partial charge in [0.15, 0.2) is 9.84 Å². The van der Waals surface area contributed by atoms with Gasteiger partial charge in [0.2, 0.25) is 0 Å². The van der Waals surface area contributed by atoms with Gasteiger partial charge in [-0.15, -0.1) is 0 Å². The molecular formula is C27H22N2O2S. The highest BCUT2D eigenvalue weighted by atomic mass is 32.2. The van der Waals surface area contributed by atoms with E-state index in [1.54, 1.807) is 30.5 Å². The molecule has 0 fully saturated rings. The van der Waals surface area contributed by atoms with Gasteiger partial charge < -0.3 is 0 Å². The summed E-state index contributed by atoms with van der Waals surface area (Å²) < 4.78 is 24.3. The monoisotopic (exact) mass is 438 g/mol. The van der Waals surface area contributed by atoms with Crippen molar-refractivity contribution in [2.45, 2.75) is 17.2 Å². The molecule has 0 spiro atoms. The highest BCUT2D eigenvalue weighted by molar-refractivity contribution is 7.90. The first kappa shape index (κ1) is 21.5. The quantitative estimate of drug-likeness (QED) is 0.404. The highest BCUT2D eigenvalue weighted by Crippen LogP contribution is 2.33. The maximum atomic E-state index is 12.2. The average Bonchev–Trinajstić information content (AvgIpc) is 2.83. The van der Waals surface area contributed by atoms with E-state index >= 15 is 0 Å². The molecule has 1 atom stereocenters. The number of nitrogens with zero attached hydrogens (tertiary/aromatic N) is 2. The smallest absolute Gasteiger partial charge is 0.175 e. The maximum Gasteiger partial charge on any atom is 0.175 e. The van der Waals surface area contributed by atoms with Crippen molar-refractivity contribution in [1.82, 2.24) is 4.98 Å². The Balaban J connectivity index is 1.82. The fraction of sp³-hybridized carbons (Fsp3) is 0.111. The molecule has 158 valence electrons. The van der Waals surface area contributed by atoms with E-state index in [4.69, 9.17) is 0 Å². The van der Waals surface area contributed by atoms with Gasteiger partial charge in [-0.2, -0.15) is 5.26 Å². The number of benzene rings is 3. The Labute approximate surface area is 188 Å². The molecule has 5 heteroatoms. The molecule has 4 nitrogen and oxygen atoms in total. The Morgan fingerprint density at radius 3 is 2.44 bits per heavy atom. The van der Waals surface area contributed by atoms with Crippen molar-refractivity contribution in [2.24, 2.45) is 0 Å². The lowest BCUT2D eigenvalue weighted by atomic mass is 9.84. The largest absolute Gasteiger partial charge is 0.264 e. The Morgan fingerprint density at radius 1 is 0.906 bits per heavy atom. The third-order valence-electron chi connectivity index (χ3n) is 5.52. The van der Waals surface area contributed by atoms with Crippen molar-refractivity contribution < 1.29 is 8.42 Å². The number of hydrogen-bond acceptors (Lipinski definition) is 4. The van der Waals surface area contributed by atoms with Crippen LogP contribution in [0.2, 0.25) is 0 Å². The average molecular weight is 439 g/mol. The van der Waals surface area contributed by atoms with Crippen LogP contribution in [0, 0.1) is 11.3 Å². The molecule has 4 rings (SSSR count). The Kier molecular flexibility index (Phi) is 6.16. The number of sulfone groups is 1. The van der Waals surface area contributed by atoms with Gasteiger partial charge in [0, 0.05) is 24.6 Å². The first-order chi connectivity index (χ1) is 15.5. The third-order valence-corrected chi connectivity index (χ3v) is 6.63. The van der Waals surface area contributed by atoms with Crippen LogP contribution in [0.5, 0.6) is 0 Å². The summed E-state index contributed by atoms with van der Waals surface area (Å²) in [6.45, 7) is 0. The maximum absolute atomic E-state index is 12.2. The molecule has 0 aliphatic carbocycles. The van der Waals surface area contributed by atoms with Crippen LogP contribution in [0.1, 0.15) is 28.2 Å². The van der Waals surface area contributed by atoms with Crippen LogP contribution in [0.15, 0.2) is 102 Å². The van der Waals surface area contributed by atoms with Gasteiger partial charge in [0.05, 0.1) is 16.5 Å². The second-order valence-electron chi connectivity index (χ2n) is 7.74. The van der Waals surface area contributed by atoms with Crippen molar-refractivity contribution in [1.29, 1.82) is 5.26 Å². The SMILES string of the molecule is CS(=O)(=O)c1cccc(C(Cc2ccccc2-c2cccc(C#N)c2)c2cccnc2)c1. The number of rotatable bonds is 6. The van der Waals surface area contributed by atoms with Crippen LogP contribution in [-0.4, -0.2) is 19.7 Å². The minimum Gasteiger partial charge on any atom is -0.264 e. The minimum absolute atomic E-state index is 0.0781. The number of hydrogen-bond donors (Lipinski definition) is 0. The lowest BCUT2D eigenvalue weighted by Crippen LogP contribution is -2.08. The molecule has 0 amide bonds. The van der Waals surface area contributed by atoms with Crippen LogP contribution in [0.4, 0.5) is 0 Å². The van der Waals surface area contributed by atoms with Crippen molar-refractivity contribution in [3.05, 3.63) is 120 Å². The molecular weight excluding hydrogens is 416 g/mol. The van der Waals surface area contributed by atoms with Crippen LogP contribution in [0.3, 0.4) is 0 Å². The molecule has 0 N–H and O–H groups in total. The van der Waals surface area contributed by atoms with Gasteiger partial charge >= 0.3 is 0 Å². The third kappa shape index (κ3) is 4.77. The zero-order chi connectivity index (χ0) is 22.6. The highest BCUT2D eigenvalue weighted by Gasteiger charge is 2.19. The molecule has 0 aliphatic rings. The second kappa shape index (κ2) is 9.17. The fourth-order valence-electron chi connectivity index (χ4n) is 3.93. The molecule has 0 saturated carbocycles. The number of aromatic nitrogens is 1. The molecule has 1 heterocycles. The van der Waals surface area contributed by atoms with E-state index in [-0.39, 0.29) is 5.92 Å². The number of nitriles is 1. The molecule has 32 heavy (non-hydrogen) atoms. The van der Waals surface area contributed by atoms with E-state index in [0.29, 0.717) is 16.9 Å². The van der Waals surface area contributed by atoms with E-state index in [9.17, 15) is 13.7 Å². The van der Waals surface area contributed by atoms with Gasteiger partial charge in [-0.25, -0.2) is 8.42 Å². The van der Waals surface area contributed by atoms with Gasteiger partial charge in [-0.05, 0) is 64.6 Å². The summed E-state index contributed by atoms with van der Waals surface area (Å²) in [5.41, 5.74) is 5.69. The minimum atomic E-state index is -3.32. The van der Waals surface area contributed by atoms with E-state index in [1.807, 2.05) is 54.7 Å². The van der Waals surface area contributed by atoms with Crippen LogP contribution in [0.25, 0.3) is 11.1 Å². The molecule has 0 saturated heterocycles. The summed E-state index contributed by atoms with van der Waals surface area (Å²) in [6.07, 6.45) is 5.44. The first-order valence-electron chi connectivity index (χ1n) is 10.2. The van der Waals surface area contributed by atoms with Gasteiger partial charge in [0.25, 0.3) is 0 Å². The van der Waals surface area contributed by atoms with Crippen molar-refractivity contribution >= 4 is 9.84 Å². The molecule has 0 bridgehead atoms. The lowest BCUT2D eigenvalue weighted by Gasteiger charge is -2.20. The van der Waals surface area contributed by atoms with E-state index in [1.165, 1.54) is 6.26 Å². The molecule has 3 aromatic carbocycles. The Morgan fingerprint density at radius 2 is 1.69 bits per heavy atom. The zero-order valence-corrected chi connectivity index (χ0v) is 18.5. The predicted molar refractivity (Wildman–Crippen MR) is 126 cm³/mol. The summed E-state index contributed by atoms with van der Waals surface area (Å²) in [7, 11) is -3.32. The molecule has 0 radical (unpaired) electrons. The standard InChI is InChI=1S/C27H22N2O2S/c1-32(30,31)25-12-5-10-22(16-25)27(24-11-6-14-29-19-24)17-23-8-2-3-13-26(23)21-9-4-7-20(15-21)18-28/h2-16,19,27H,17H2,1H3. The van der Waals surface area contributed by atoms with E-state index in [2.05, 4.69) is 23.2 Å². The summed E-state index contributed by atoms with van der Waals surface area (Å²) in [5.74, 6) is -0.0781. The van der Waals surface area contributed by atoms with Crippen LogP contribution < -0.4 is 0 Å². The van der Waals surface area contributed by atoms with Crippen molar-refractivity contribution in [2.75, 3.05) is 6.26 Å². The molecule has 0 aliphatic heterocycles. The van der Waals surface area contributed by atoms with Crippen LogP contribution >= 0.6 is 0 Å². The topological polar surface area (TPSA) is 70.8 Å². The van der Waals surface area contributed by atoms with Gasteiger partial charge in [-0.3, -0.25) is 4.98 Å². The second-order valence-corrected chi connectivity index (χ2v) is 9.75. The Hall–Kier alpha value is -3.75. The van der Waals surface area contributed by atoms with Crippen molar-refractivity contribution in [3.8, 4) is 17.2 Å². The summed E-state index contributed by atoms with van der Waals surface area (Å²) in [6, 6.07) is 28.9. The van der Waals surface area contributed by atoms with Crippen molar-refractivity contribution in [3.63, 3.8) is 0 Å². The first-order valence-corrected chi connectivity index (χ1v) is 12.1. The summed E-state index contributed by atoms with van der Waals surface area (Å²) in [4.78, 5) is 4.60. The normalized spacial score (nSPS) is 12.1. The van der Waals surface area contributed by atoms with E-state index in [0.717, 1.165) is 27.8 Å².